The third-order valence-corrected chi connectivity index (χ3v) is 3.43. The third-order valence-electron chi connectivity index (χ3n) is 3.43. The summed E-state index contributed by atoms with van der Waals surface area (Å²) >= 11 is 0. The van der Waals surface area contributed by atoms with Crippen LogP contribution in [0.25, 0.3) is 10.9 Å². The van der Waals surface area contributed by atoms with Crippen molar-refractivity contribution in [3.63, 3.8) is 0 Å². The second kappa shape index (κ2) is 6.87. The van der Waals surface area contributed by atoms with E-state index >= 15 is 0 Å². The molecule has 0 aliphatic carbocycles. The number of aromatic nitrogens is 1. The summed E-state index contributed by atoms with van der Waals surface area (Å²) in [5.41, 5.74) is 2.26. The number of fused-ring (bicyclic) bond motifs is 1. The first-order chi connectivity index (χ1) is 11.2. The molecule has 0 fully saturated rings. The van der Waals surface area contributed by atoms with E-state index in [0.717, 1.165) is 16.6 Å². The molecular formula is C18H16FN3O. The van der Waals surface area contributed by atoms with Crippen LogP contribution >= 0.6 is 0 Å². The molecule has 2 aromatic carbocycles. The Morgan fingerprint density at radius 3 is 2.65 bits per heavy atom. The molecule has 2 N–H and O–H groups in total. The maximum atomic E-state index is 12.8. The number of rotatable bonds is 5. The first kappa shape index (κ1) is 15.0. The number of para-hydroxylation sites is 1. The molecule has 0 saturated carbocycles. The summed E-state index contributed by atoms with van der Waals surface area (Å²) in [6.07, 6.45) is 2.01. The monoisotopic (exact) mass is 309 g/mol. The van der Waals surface area contributed by atoms with Crippen molar-refractivity contribution in [2.75, 3.05) is 17.2 Å². The zero-order chi connectivity index (χ0) is 16.1. The highest BCUT2D eigenvalue weighted by molar-refractivity contribution is 6.00. The molecule has 5 heteroatoms. The van der Waals surface area contributed by atoms with Crippen molar-refractivity contribution in [3.05, 3.63) is 66.6 Å². The normalized spacial score (nSPS) is 10.5. The Morgan fingerprint density at radius 2 is 1.83 bits per heavy atom. The van der Waals surface area contributed by atoms with Crippen molar-refractivity contribution in [2.24, 2.45) is 0 Å². The number of hydrogen-bond donors (Lipinski definition) is 2. The molecule has 0 bridgehead atoms. The van der Waals surface area contributed by atoms with Crippen molar-refractivity contribution in [1.82, 2.24) is 4.98 Å². The number of carbonyl (C=O) groups is 1. The minimum Gasteiger partial charge on any atom is -0.385 e. The van der Waals surface area contributed by atoms with Gasteiger partial charge < -0.3 is 10.6 Å². The maximum absolute atomic E-state index is 12.8. The van der Waals surface area contributed by atoms with Gasteiger partial charge in [0.1, 0.15) is 5.82 Å². The lowest BCUT2D eigenvalue weighted by atomic mass is 10.2. The largest absolute Gasteiger partial charge is 0.385 e. The van der Waals surface area contributed by atoms with E-state index in [2.05, 4.69) is 15.6 Å². The van der Waals surface area contributed by atoms with E-state index in [1.54, 1.807) is 18.3 Å². The SMILES string of the molecule is O=C(CCNc1ccc(F)cc1)Nc1cccc2cccnc12. The highest BCUT2D eigenvalue weighted by atomic mass is 19.1. The average molecular weight is 309 g/mol. The fourth-order valence-electron chi connectivity index (χ4n) is 2.31. The third kappa shape index (κ3) is 3.83. The molecule has 0 saturated heterocycles. The van der Waals surface area contributed by atoms with Crippen LogP contribution in [-0.2, 0) is 4.79 Å². The van der Waals surface area contributed by atoms with E-state index in [4.69, 9.17) is 0 Å². The molecule has 0 unspecified atom stereocenters. The van der Waals surface area contributed by atoms with Gasteiger partial charge in [-0.3, -0.25) is 9.78 Å². The standard InChI is InChI=1S/C18H16FN3O/c19-14-6-8-15(9-7-14)20-12-10-17(23)22-16-5-1-3-13-4-2-11-21-18(13)16/h1-9,11,20H,10,12H2,(H,22,23). The summed E-state index contributed by atoms with van der Waals surface area (Å²) in [4.78, 5) is 16.4. The molecule has 0 aliphatic heterocycles. The van der Waals surface area contributed by atoms with Gasteiger partial charge in [-0.25, -0.2) is 4.39 Å². The summed E-state index contributed by atoms with van der Waals surface area (Å²) in [6.45, 7) is 0.468. The summed E-state index contributed by atoms with van der Waals surface area (Å²) in [5.74, 6) is -0.380. The Kier molecular flexibility index (Phi) is 4.47. The Morgan fingerprint density at radius 1 is 1.04 bits per heavy atom. The Balaban J connectivity index is 1.57. The van der Waals surface area contributed by atoms with E-state index in [1.165, 1.54) is 12.1 Å². The minimum absolute atomic E-state index is 0.0993. The number of anilines is 2. The molecule has 4 nitrogen and oxygen atoms in total. The molecule has 0 atom stereocenters. The van der Waals surface area contributed by atoms with E-state index in [9.17, 15) is 9.18 Å². The molecule has 23 heavy (non-hydrogen) atoms. The predicted molar refractivity (Wildman–Crippen MR) is 89.9 cm³/mol. The van der Waals surface area contributed by atoms with Gasteiger partial charge in [0.15, 0.2) is 0 Å². The second-order valence-electron chi connectivity index (χ2n) is 5.11. The molecule has 0 spiro atoms. The van der Waals surface area contributed by atoms with E-state index in [1.807, 2.05) is 30.3 Å². The lowest BCUT2D eigenvalue weighted by molar-refractivity contribution is -0.115. The lowest BCUT2D eigenvalue weighted by Gasteiger charge is -2.09. The fourth-order valence-corrected chi connectivity index (χ4v) is 2.31. The Labute approximate surface area is 133 Å². The molecule has 3 rings (SSSR count). The van der Waals surface area contributed by atoms with Crippen LogP contribution in [0.4, 0.5) is 15.8 Å². The Bertz CT molecular complexity index is 813. The molecule has 1 aromatic heterocycles. The van der Waals surface area contributed by atoms with Crippen LogP contribution in [0.5, 0.6) is 0 Å². The van der Waals surface area contributed by atoms with Crippen molar-refractivity contribution in [3.8, 4) is 0 Å². The topological polar surface area (TPSA) is 54.0 Å². The second-order valence-corrected chi connectivity index (χ2v) is 5.11. The molecule has 116 valence electrons. The van der Waals surface area contributed by atoms with Crippen LogP contribution < -0.4 is 10.6 Å². The van der Waals surface area contributed by atoms with Crippen molar-refractivity contribution in [2.45, 2.75) is 6.42 Å². The van der Waals surface area contributed by atoms with Crippen LogP contribution in [-0.4, -0.2) is 17.4 Å². The molecule has 3 aromatic rings. The number of nitrogens with one attached hydrogen (secondary N) is 2. The number of pyridine rings is 1. The highest BCUT2D eigenvalue weighted by Crippen LogP contribution is 2.20. The minimum atomic E-state index is -0.281. The van der Waals surface area contributed by atoms with E-state index in [0.29, 0.717) is 18.7 Å². The van der Waals surface area contributed by atoms with Gasteiger partial charge in [0.2, 0.25) is 5.91 Å². The quantitative estimate of drug-likeness (QED) is 0.753. The molecular weight excluding hydrogens is 293 g/mol. The Hall–Kier alpha value is -2.95. The van der Waals surface area contributed by atoms with Crippen molar-refractivity contribution < 1.29 is 9.18 Å². The smallest absolute Gasteiger partial charge is 0.226 e. The average Bonchev–Trinajstić information content (AvgIpc) is 2.57. The highest BCUT2D eigenvalue weighted by Gasteiger charge is 2.06. The lowest BCUT2D eigenvalue weighted by Crippen LogP contribution is -2.16. The first-order valence-corrected chi connectivity index (χ1v) is 7.35. The van der Waals surface area contributed by atoms with Crippen LogP contribution in [0, 0.1) is 5.82 Å². The molecule has 0 radical (unpaired) electrons. The van der Waals surface area contributed by atoms with Gasteiger partial charge >= 0.3 is 0 Å². The molecule has 1 heterocycles. The number of amides is 1. The van der Waals surface area contributed by atoms with Crippen LogP contribution in [0.3, 0.4) is 0 Å². The van der Waals surface area contributed by atoms with Gasteiger partial charge in [-0.05, 0) is 36.4 Å². The van der Waals surface area contributed by atoms with Crippen LogP contribution in [0.1, 0.15) is 6.42 Å². The zero-order valence-corrected chi connectivity index (χ0v) is 12.4. The molecule has 1 amide bonds. The summed E-state index contributed by atoms with van der Waals surface area (Å²) in [6, 6.07) is 15.5. The number of nitrogens with zero attached hydrogens (tertiary/aromatic N) is 1. The number of halogens is 1. The summed E-state index contributed by atoms with van der Waals surface area (Å²) < 4.78 is 12.8. The number of carbonyl (C=O) groups excluding carboxylic acids is 1. The summed E-state index contributed by atoms with van der Waals surface area (Å²) in [5, 5.41) is 6.94. The van der Waals surface area contributed by atoms with Crippen molar-refractivity contribution >= 4 is 28.2 Å². The van der Waals surface area contributed by atoms with Gasteiger partial charge in [-0.15, -0.1) is 0 Å². The number of benzene rings is 2. The van der Waals surface area contributed by atoms with Crippen LogP contribution in [0.2, 0.25) is 0 Å². The summed E-state index contributed by atoms with van der Waals surface area (Å²) in [7, 11) is 0. The van der Waals surface area contributed by atoms with Gasteiger partial charge in [-0.1, -0.05) is 18.2 Å². The van der Waals surface area contributed by atoms with Crippen LogP contribution in [0.15, 0.2) is 60.8 Å². The van der Waals surface area contributed by atoms with Gasteiger partial charge in [-0.2, -0.15) is 0 Å². The number of hydrogen-bond acceptors (Lipinski definition) is 3. The van der Waals surface area contributed by atoms with Gasteiger partial charge in [0.05, 0.1) is 11.2 Å². The first-order valence-electron chi connectivity index (χ1n) is 7.35. The maximum Gasteiger partial charge on any atom is 0.226 e. The van der Waals surface area contributed by atoms with Gasteiger partial charge in [0.25, 0.3) is 0 Å². The van der Waals surface area contributed by atoms with Gasteiger partial charge in [0, 0.05) is 30.2 Å². The van der Waals surface area contributed by atoms with E-state index in [-0.39, 0.29) is 11.7 Å². The zero-order valence-electron chi connectivity index (χ0n) is 12.4. The van der Waals surface area contributed by atoms with E-state index < -0.39 is 0 Å². The fraction of sp³-hybridized carbons (Fsp3) is 0.111. The predicted octanol–water partition coefficient (Wildman–Crippen LogP) is 3.81. The van der Waals surface area contributed by atoms with Crippen molar-refractivity contribution in [1.29, 1.82) is 0 Å². The molecule has 0 aliphatic rings.